The summed E-state index contributed by atoms with van der Waals surface area (Å²) in [5.41, 5.74) is 3.56. The largest absolute Gasteiger partial charge is 0.485 e. The molecule has 188 valence electrons. The first-order valence-electron chi connectivity index (χ1n) is 12.1. The summed E-state index contributed by atoms with van der Waals surface area (Å²) in [7, 11) is -0.939. The van der Waals surface area contributed by atoms with Crippen LogP contribution < -0.4 is 9.64 Å². The smallest absolute Gasteiger partial charge is 0.298 e. The zero-order valence-corrected chi connectivity index (χ0v) is 21.6. The Morgan fingerprint density at radius 3 is 2.60 bits per heavy atom. The normalized spacial score (nSPS) is 24.1. The van der Waals surface area contributed by atoms with E-state index in [-0.39, 0.29) is 16.0 Å². The molecule has 1 saturated heterocycles. The average Bonchev–Trinajstić information content (AvgIpc) is 3.44. The topological polar surface area (TPSA) is 71.5 Å². The summed E-state index contributed by atoms with van der Waals surface area (Å²) < 4.78 is 47.2. The number of halogens is 2. The van der Waals surface area contributed by atoms with Gasteiger partial charge < -0.3 is 9.64 Å². The first-order chi connectivity index (χ1) is 16.6. The molecule has 6 rings (SSSR count). The SMILES string of the molecule is CS(=O)N1CC=C(c2cc3c(cn2)OC2(C3)CC3(CCN(c4nnc(C(C)(F)F)s4)CC3)C2)CC1. The molecule has 0 bridgehead atoms. The second-order valence-corrected chi connectivity index (χ2v) is 12.9. The van der Waals surface area contributed by atoms with Crippen molar-refractivity contribution in [3.8, 4) is 5.75 Å². The standard InChI is InChI=1S/C24H29F2N5O2S2/c1-22(25,26)20-28-29-21(34-20)30-9-5-23(6-10-30)14-24(15-23)12-17-11-18(27-13-19(17)33-24)16-3-7-31(8-4-16)35(2)32/h3,11,13H,4-10,12,14-15H2,1-2H3. The molecule has 2 aromatic rings. The predicted octanol–water partition coefficient (Wildman–Crippen LogP) is 4.18. The second kappa shape index (κ2) is 8.27. The van der Waals surface area contributed by atoms with Crippen LogP contribution in [0.2, 0.25) is 0 Å². The molecule has 5 heterocycles. The van der Waals surface area contributed by atoms with E-state index in [0.717, 1.165) is 87.9 Å². The summed E-state index contributed by atoms with van der Waals surface area (Å²) in [6.07, 6.45) is 11.6. The Morgan fingerprint density at radius 2 is 1.97 bits per heavy atom. The van der Waals surface area contributed by atoms with Crippen LogP contribution in [-0.2, 0) is 23.3 Å². The molecule has 0 N–H and O–H groups in total. The molecule has 0 radical (unpaired) electrons. The van der Waals surface area contributed by atoms with E-state index in [2.05, 4.69) is 32.2 Å². The Bertz CT molecular complexity index is 1190. The van der Waals surface area contributed by atoms with Crippen LogP contribution in [0.15, 0.2) is 18.3 Å². The zero-order valence-electron chi connectivity index (χ0n) is 19.9. The molecule has 35 heavy (non-hydrogen) atoms. The van der Waals surface area contributed by atoms with Gasteiger partial charge in [0.05, 0.1) is 22.9 Å². The first-order valence-corrected chi connectivity index (χ1v) is 14.4. The number of pyridine rings is 1. The summed E-state index contributed by atoms with van der Waals surface area (Å²) in [5.74, 6) is -2.05. The fraction of sp³-hybridized carbons (Fsp3) is 0.625. The van der Waals surface area contributed by atoms with Gasteiger partial charge in [0.1, 0.15) is 11.4 Å². The minimum Gasteiger partial charge on any atom is -0.485 e. The van der Waals surface area contributed by atoms with Gasteiger partial charge >= 0.3 is 0 Å². The van der Waals surface area contributed by atoms with E-state index in [4.69, 9.17) is 4.74 Å². The maximum absolute atomic E-state index is 13.5. The average molecular weight is 522 g/mol. The van der Waals surface area contributed by atoms with Crippen LogP contribution in [0.5, 0.6) is 5.75 Å². The molecule has 1 saturated carbocycles. The Morgan fingerprint density at radius 1 is 1.20 bits per heavy atom. The molecule has 1 unspecified atom stereocenters. The molecular weight excluding hydrogens is 492 g/mol. The summed E-state index contributed by atoms with van der Waals surface area (Å²) >= 11 is 0.997. The Labute approximate surface area is 210 Å². The fourth-order valence-electron chi connectivity index (χ4n) is 6.18. The van der Waals surface area contributed by atoms with Crippen LogP contribution in [0, 0.1) is 5.41 Å². The third kappa shape index (κ3) is 4.29. The number of nitrogens with zero attached hydrogens (tertiary/aromatic N) is 5. The van der Waals surface area contributed by atoms with Crippen molar-refractivity contribution in [3.63, 3.8) is 0 Å². The third-order valence-corrected chi connectivity index (χ3v) is 10.1. The van der Waals surface area contributed by atoms with Crippen molar-refractivity contribution in [3.05, 3.63) is 34.6 Å². The van der Waals surface area contributed by atoms with Crippen LogP contribution in [-0.4, -0.2) is 61.7 Å². The number of fused-ring (bicyclic) bond motifs is 1. The van der Waals surface area contributed by atoms with Crippen molar-refractivity contribution >= 4 is 33.0 Å². The van der Waals surface area contributed by atoms with Gasteiger partial charge in [-0.05, 0) is 49.2 Å². The van der Waals surface area contributed by atoms with Gasteiger partial charge in [0.25, 0.3) is 5.92 Å². The zero-order chi connectivity index (χ0) is 24.4. The molecule has 0 amide bonds. The summed E-state index contributed by atoms with van der Waals surface area (Å²) in [6, 6.07) is 2.18. The number of aromatic nitrogens is 3. The molecule has 11 heteroatoms. The lowest BCUT2D eigenvalue weighted by molar-refractivity contribution is -0.106. The van der Waals surface area contributed by atoms with Gasteiger partial charge in [-0.3, -0.25) is 4.98 Å². The lowest BCUT2D eigenvalue weighted by Crippen LogP contribution is -2.58. The molecule has 3 aliphatic heterocycles. The third-order valence-electron chi connectivity index (χ3n) is 7.93. The molecule has 2 aromatic heterocycles. The quantitative estimate of drug-likeness (QED) is 0.601. The van der Waals surface area contributed by atoms with Crippen molar-refractivity contribution in [2.75, 3.05) is 37.3 Å². The van der Waals surface area contributed by atoms with Crippen molar-refractivity contribution in [1.82, 2.24) is 19.5 Å². The van der Waals surface area contributed by atoms with Crippen LogP contribution >= 0.6 is 11.3 Å². The van der Waals surface area contributed by atoms with Gasteiger partial charge in [0, 0.05) is 51.3 Å². The number of rotatable bonds is 4. The van der Waals surface area contributed by atoms with E-state index in [1.165, 1.54) is 11.1 Å². The van der Waals surface area contributed by atoms with E-state index < -0.39 is 16.9 Å². The van der Waals surface area contributed by atoms with Crippen LogP contribution in [0.4, 0.5) is 13.9 Å². The number of piperidine rings is 1. The van der Waals surface area contributed by atoms with E-state index in [1.807, 2.05) is 10.5 Å². The highest BCUT2D eigenvalue weighted by Crippen LogP contribution is 2.60. The van der Waals surface area contributed by atoms with E-state index in [1.54, 1.807) is 6.26 Å². The summed E-state index contributed by atoms with van der Waals surface area (Å²) in [6.45, 7) is 3.96. The van der Waals surface area contributed by atoms with Crippen molar-refractivity contribution < 1.29 is 17.7 Å². The van der Waals surface area contributed by atoms with Crippen molar-refractivity contribution in [1.29, 1.82) is 0 Å². The number of alkyl halides is 2. The highest BCUT2D eigenvalue weighted by molar-refractivity contribution is 7.81. The monoisotopic (exact) mass is 521 g/mol. The van der Waals surface area contributed by atoms with Crippen LogP contribution in [0.25, 0.3) is 5.57 Å². The number of anilines is 1. The molecule has 2 fully saturated rings. The second-order valence-electron chi connectivity index (χ2n) is 10.5. The molecule has 7 nitrogen and oxygen atoms in total. The van der Waals surface area contributed by atoms with Gasteiger partial charge in [-0.15, -0.1) is 10.2 Å². The fourth-order valence-corrected chi connectivity index (χ4v) is 7.64. The Balaban J connectivity index is 1.07. The molecule has 1 aliphatic carbocycles. The Kier molecular flexibility index (Phi) is 5.54. The molecule has 4 aliphatic rings. The summed E-state index contributed by atoms with van der Waals surface area (Å²) in [4.78, 5) is 6.77. The van der Waals surface area contributed by atoms with Gasteiger partial charge in [-0.2, -0.15) is 8.78 Å². The lowest BCUT2D eigenvalue weighted by atomic mass is 9.54. The molecule has 2 spiro atoms. The van der Waals surface area contributed by atoms with Gasteiger partial charge in [0.15, 0.2) is 5.01 Å². The van der Waals surface area contributed by atoms with Crippen molar-refractivity contribution in [2.24, 2.45) is 5.41 Å². The molecule has 0 aromatic carbocycles. The van der Waals surface area contributed by atoms with Gasteiger partial charge in [-0.1, -0.05) is 17.4 Å². The van der Waals surface area contributed by atoms with Crippen LogP contribution in [0.1, 0.15) is 55.3 Å². The number of hydrogen-bond acceptors (Lipinski definition) is 7. The van der Waals surface area contributed by atoms with E-state index in [0.29, 0.717) is 11.7 Å². The van der Waals surface area contributed by atoms with E-state index >= 15 is 0 Å². The maximum Gasteiger partial charge on any atom is 0.298 e. The number of hydrogen-bond donors (Lipinski definition) is 0. The Hall–Kier alpha value is -1.98. The highest BCUT2D eigenvalue weighted by Gasteiger charge is 2.59. The van der Waals surface area contributed by atoms with Gasteiger partial charge in [0.2, 0.25) is 5.13 Å². The first kappa shape index (κ1) is 23.4. The highest BCUT2D eigenvalue weighted by atomic mass is 32.2. The molecular formula is C24H29F2N5O2S2. The number of ether oxygens (including phenoxy) is 1. The summed E-state index contributed by atoms with van der Waals surface area (Å²) in [5, 5.41) is 8.09. The van der Waals surface area contributed by atoms with E-state index in [9.17, 15) is 13.0 Å². The van der Waals surface area contributed by atoms with Crippen molar-refractivity contribution in [2.45, 2.75) is 57.0 Å². The minimum atomic E-state index is -2.94. The van der Waals surface area contributed by atoms with Gasteiger partial charge in [-0.25, -0.2) is 8.51 Å². The molecule has 1 atom stereocenters. The maximum atomic E-state index is 13.5. The van der Waals surface area contributed by atoms with Crippen LogP contribution in [0.3, 0.4) is 0 Å². The lowest BCUT2D eigenvalue weighted by Gasteiger charge is -2.56. The minimum absolute atomic E-state index is 0.137. The predicted molar refractivity (Wildman–Crippen MR) is 132 cm³/mol.